The maximum atomic E-state index is 11.8. The molecule has 0 radical (unpaired) electrons. The van der Waals surface area contributed by atoms with Gasteiger partial charge in [0, 0.05) is 19.6 Å². The maximum absolute atomic E-state index is 11.8. The first-order valence-corrected chi connectivity index (χ1v) is 11.0. The van der Waals surface area contributed by atoms with Gasteiger partial charge in [-0.25, -0.2) is 13.6 Å². The molecule has 0 aliphatic carbocycles. The van der Waals surface area contributed by atoms with Crippen molar-refractivity contribution in [1.82, 2.24) is 4.90 Å². The number of hydrogen-bond donors (Lipinski definition) is 2. The highest BCUT2D eigenvalue weighted by Crippen LogP contribution is 2.22. The first-order chi connectivity index (χ1) is 13.8. The average molecular weight is 411 g/mol. The standard InChI is InChI=1S/C23H26N2O3S/c1-18-12-13-21(14-23(18)29(24,27)28)22(26)17-25(15-19-8-4-2-5-9-19)16-20-10-6-3-7-11-20/h2-14,22,26H,15-17H2,1H3,(H2,24,27,28)/t22-/m0/s1. The molecule has 3 N–H and O–H groups in total. The van der Waals surface area contributed by atoms with E-state index in [2.05, 4.69) is 29.2 Å². The number of benzene rings is 3. The summed E-state index contributed by atoms with van der Waals surface area (Å²) in [6.07, 6.45) is -0.844. The van der Waals surface area contributed by atoms with E-state index in [1.807, 2.05) is 36.4 Å². The first-order valence-electron chi connectivity index (χ1n) is 9.44. The van der Waals surface area contributed by atoms with E-state index in [9.17, 15) is 13.5 Å². The Morgan fingerprint density at radius 1 is 0.897 bits per heavy atom. The van der Waals surface area contributed by atoms with Gasteiger partial charge in [-0.3, -0.25) is 4.90 Å². The van der Waals surface area contributed by atoms with Crippen LogP contribution < -0.4 is 5.14 Å². The zero-order valence-corrected chi connectivity index (χ0v) is 17.2. The molecule has 6 heteroatoms. The minimum atomic E-state index is -3.84. The molecule has 0 heterocycles. The molecule has 0 spiro atoms. The zero-order valence-electron chi connectivity index (χ0n) is 16.4. The molecule has 3 aromatic rings. The number of primary sulfonamides is 1. The van der Waals surface area contributed by atoms with E-state index in [0.717, 1.165) is 11.1 Å². The smallest absolute Gasteiger partial charge is 0.238 e. The molecule has 0 bridgehead atoms. The van der Waals surface area contributed by atoms with Crippen molar-refractivity contribution in [1.29, 1.82) is 0 Å². The summed E-state index contributed by atoms with van der Waals surface area (Å²) in [5.41, 5.74) is 3.38. The molecular weight excluding hydrogens is 384 g/mol. The molecule has 0 unspecified atom stereocenters. The molecule has 0 saturated carbocycles. The quantitative estimate of drug-likeness (QED) is 0.596. The number of hydrogen-bond acceptors (Lipinski definition) is 4. The molecule has 1 atom stereocenters. The van der Waals surface area contributed by atoms with Crippen LogP contribution in [-0.2, 0) is 23.1 Å². The van der Waals surface area contributed by atoms with E-state index in [-0.39, 0.29) is 4.90 Å². The van der Waals surface area contributed by atoms with Crippen molar-refractivity contribution in [2.75, 3.05) is 6.54 Å². The van der Waals surface area contributed by atoms with Crippen molar-refractivity contribution in [2.24, 2.45) is 5.14 Å². The second-order valence-corrected chi connectivity index (χ2v) is 8.76. The first kappa shape index (κ1) is 21.2. The lowest BCUT2D eigenvalue weighted by Gasteiger charge is -2.26. The van der Waals surface area contributed by atoms with Crippen LogP contribution in [0.15, 0.2) is 83.8 Å². The average Bonchev–Trinajstić information content (AvgIpc) is 2.69. The van der Waals surface area contributed by atoms with Crippen molar-refractivity contribution in [2.45, 2.75) is 31.0 Å². The van der Waals surface area contributed by atoms with Gasteiger partial charge in [-0.2, -0.15) is 0 Å². The topological polar surface area (TPSA) is 83.6 Å². The van der Waals surface area contributed by atoms with E-state index < -0.39 is 16.1 Å². The fourth-order valence-corrected chi connectivity index (χ4v) is 4.17. The van der Waals surface area contributed by atoms with E-state index in [1.54, 1.807) is 19.1 Å². The molecule has 29 heavy (non-hydrogen) atoms. The Balaban J connectivity index is 1.83. The number of rotatable bonds is 8. The van der Waals surface area contributed by atoms with Gasteiger partial charge in [0.15, 0.2) is 0 Å². The molecule has 0 amide bonds. The number of nitrogens with zero attached hydrogens (tertiary/aromatic N) is 1. The van der Waals surface area contributed by atoms with Gasteiger partial charge in [0.05, 0.1) is 11.0 Å². The van der Waals surface area contributed by atoms with Gasteiger partial charge in [-0.05, 0) is 35.2 Å². The fourth-order valence-electron chi connectivity index (χ4n) is 3.35. The van der Waals surface area contributed by atoms with Crippen molar-refractivity contribution in [3.8, 4) is 0 Å². The Morgan fingerprint density at radius 3 is 1.90 bits per heavy atom. The highest BCUT2D eigenvalue weighted by atomic mass is 32.2. The monoisotopic (exact) mass is 410 g/mol. The van der Waals surface area contributed by atoms with Gasteiger partial charge in [0.25, 0.3) is 0 Å². The van der Waals surface area contributed by atoms with E-state index in [4.69, 9.17) is 5.14 Å². The Bertz CT molecular complexity index is 997. The predicted molar refractivity (Wildman–Crippen MR) is 115 cm³/mol. The second-order valence-electron chi connectivity index (χ2n) is 7.23. The Hall–Kier alpha value is -2.51. The van der Waals surface area contributed by atoms with Crippen LogP contribution in [0.4, 0.5) is 0 Å². The molecular formula is C23H26N2O3S. The summed E-state index contributed by atoms with van der Waals surface area (Å²) in [5.74, 6) is 0. The molecule has 0 aliphatic rings. The van der Waals surface area contributed by atoms with Gasteiger partial charge in [0.1, 0.15) is 0 Å². The third kappa shape index (κ3) is 5.98. The van der Waals surface area contributed by atoms with Gasteiger partial charge in [-0.1, -0.05) is 72.8 Å². The SMILES string of the molecule is Cc1ccc([C@@H](O)CN(Cc2ccccc2)Cc2ccccc2)cc1S(N)(=O)=O. The number of nitrogens with two attached hydrogens (primary N) is 1. The molecule has 0 aliphatic heterocycles. The van der Waals surface area contributed by atoms with Crippen LogP contribution in [-0.4, -0.2) is 25.0 Å². The number of sulfonamides is 1. The van der Waals surface area contributed by atoms with Crippen molar-refractivity contribution < 1.29 is 13.5 Å². The van der Waals surface area contributed by atoms with Crippen LogP contribution in [0.3, 0.4) is 0 Å². The summed E-state index contributed by atoms with van der Waals surface area (Å²) >= 11 is 0. The molecule has 5 nitrogen and oxygen atoms in total. The van der Waals surface area contributed by atoms with Crippen LogP contribution in [0.1, 0.15) is 28.4 Å². The van der Waals surface area contributed by atoms with Crippen molar-refractivity contribution >= 4 is 10.0 Å². The van der Waals surface area contributed by atoms with Crippen LogP contribution in [0.25, 0.3) is 0 Å². The molecule has 0 aromatic heterocycles. The highest BCUT2D eigenvalue weighted by molar-refractivity contribution is 7.89. The maximum Gasteiger partial charge on any atom is 0.238 e. The second kappa shape index (κ2) is 9.33. The number of aryl methyl sites for hydroxylation is 1. The Morgan fingerprint density at radius 2 is 1.41 bits per heavy atom. The highest BCUT2D eigenvalue weighted by Gasteiger charge is 2.18. The van der Waals surface area contributed by atoms with E-state index >= 15 is 0 Å². The Kier molecular flexibility index (Phi) is 6.82. The van der Waals surface area contributed by atoms with Crippen LogP contribution in [0.5, 0.6) is 0 Å². The predicted octanol–water partition coefficient (Wildman–Crippen LogP) is 3.38. The third-order valence-corrected chi connectivity index (χ3v) is 5.89. The summed E-state index contributed by atoms with van der Waals surface area (Å²) in [6, 6.07) is 25.0. The normalized spacial score (nSPS) is 12.8. The van der Waals surface area contributed by atoms with Gasteiger partial charge in [0.2, 0.25) is 10.0 Å². The van der Waals surface area contributed by atoms with Gasteiger partial charge in [-0.15, -0.1) is 0 Å². The zero-order chi connectivity index (χ0) is 20.9. The molecule has 152 valence electrons. The van der Waals surface area contributed by atoms with Crippen molar-refractivity contribution in [3.05, 3.63) is 101 Å². The van der Waals surface area contributed by atoms with Crippen molar-refractivity contribution in [3.63, 3.8) is 0 Å². The summed E-state index contributed by atoms with van der Waals surface area (Å²) in [7, 11) is -3.84. The van der Waals surface area contributed by atoms with Gasteiger partial charge >= 0.3 is 0 Å². The fraction of sp³-hybridized carbons (Fsp3) is 0.217. The molecule has 3 aromatic carbocycles. The lowest BCUT2D eigenvalue weighted by molar-refractivity contribution is 0.105. The lowest BCUT2D eigenvalue weighted by atomic mass is 10.1. The summed E-state index contributed by atoms with van der Waals surface area (Å²) < 4.78 is 23.6. The minimum absolute atomic E-state index is 0.0479. The minimum Gasteiger partial charge on any atom is -0.387 e. The summed E-state index contributed by atoms with van der Waals surface area (Å²) in [4.78, 5) is 2.19. The number of aliphatic hydroxyl groups is 1. The third-order valence-electron chi connectivity index (χ3n) is 4.83. The Labute approximate surface area is 172 Å². The van der Waals surface area contributed by atoms with Crippen LogP contribution in [0, 0.1) is 6.92 Å². The van der Waals surface area contributed by atoms with Crippen LogP contribution >= 0.6 is 0 Å². The van der Waals surface area contributed by atoms with Gasteiger partial charge < -0.3 is 5.11 Å². The number of aliphatic hydroxyl groups excluding tert-OH is 1. The lowest BCUT2D eigenvalue weighted by Crippen LogP contribution is -2.28. The van der Waals surface area contributed by atoms with E-state index in [1.165, 1.54) is 6.07 Å². The van der Waals surface area contributed by atoms with Crippen LogP contribution in [0.2, 0.25) is 0 Å². The summed E-state index contributed by atoms with van der Waals surface area (Å²) in [6.45, 7) is 3.38. The summed E-state index contributed by atoms with van der Waals surface area (Å²) in [5, 5.41) is 16.2. The van der Waals surface area contributed by atoms with E-state index in [0.29, 0.717) is 30.8 Å². The molecule has 0 saturated heterocycles. The molecule has 0 fully saturated rings. The molecule has 3 rings (SSSR count). The largest absolute Gasteiger partial charge is 0.387 e.